The first kappa shape index (κ1) is 51.2. The maximum Gasteiger partial charge on any atom is 0.0368 e. The fourth-order valence-corrected chi connectivity index (χ4v) is 17.9. The van der Waals surface area contributed by atoms with Gasteiger partial charge in [0.05, 0.1) is 0 Å². The quantitative estimate of drug-likeness (QED) is 0.135. The maximum absolute atomic E-state index is 2.46. The first-order valence-corrected chi connectivity index (χ1v) is 33.2. The standard InChI is InChI=1S/C84H50S4/c1-5-15-51(16-6-1)63-41-64(52-17-7-2-8-18-52)43-65(42-63)62-34-39-79-72(48-62)71-47-60(32-38-78(71)87-79)59-31-37-77-70(46-59)69-44-57(29-35-76(69)86-77)53-25-27-56(28-26-53)82-67(54-19-9-3-10-20-54)50-81-84(83(82)55-21-11-4-12-22-55)73-49-61(33-40-80(73)88-81)58-30-36-75-68(45-58)66-23-13-14-24-74(66)85-75/h1-50H. The van der Waals surface area contributed by atoms with E-state index in [-0.39, 0.29) is 0 Å². The van der Waals surface area contributed by atoms with Crippen LogP contribution >= 0.6 is 45.3 Å². The lowest BCUT2D eigenvalue weighted by Gasteiger charge is -2.19. The van der Waals surface area contributed by atoms with E-state index in [1.54, 1.807) is 0 Å². The van der Waals surface area contributed by atoms with E-state index in [4.69, 9.17) is 0 Å². The van der Waals surface area contributed by atoms with Gasteiger partial charge in [-0.2, -0.15) is 0 Å². The highest BCUT2D eigenvalue weighted by Gasteiger charge is 2.23. The van der Waals surface area contributed by atoms with E-state index in [2.05, 4.69) is 303 Å². The Hall–Kier alpha value is -10.0. The molecule has 0 saturated heterocycles. The number of rotatable bonds is 9. The van der Waals surface area contributed by atoms with E-state index in [0.29, 0.717) is 0 Å². The highest BCUT2D eigenvalue weighted by atomic mass is 32.1. The summed E-state index contributed by atoms with van der Waals surface area (Å²) in [6.07, 6.45) is 0. The molecule has 0 saturated carbocycles. The largest absolute Gasteiger partial charge is 0.135 e. The molecular formula is C84H50S4. The summed E-state index contributed by atoms with van der Waals surface area (Å²) in [7, 11) is 0. The van der Waals surface area contributed by atoms with Gasteiger partial charge in [0, 0.05) is 80.7 Å². The van der Waals surface area contributed by atoms with Crippen molar-refractivity contribution < 1.29 is 0 Å². The lowest BCUT2D eigenvalue weighted by atomic mass is 9.84. The van der Waals surface area contributed by atoms with Crippen LogP contribution in [0.3, 0.4) is 0 Å². The normalized spacial score (nSPS) is 11.9. The maximum atomic E-state index is 2.46. The number of hydrogen-bond acceptors (Lipinski definition) is 4. The number of thiophene rings is 4. The van der Waals surface area contributed by atoms with Gasteiger partial charge in [-0.3, -0.25) is 0 Å². The third-order valence-electron chi connectivity index (χ3n) is 17.9. The predicted molar refractivity (Wildman–Crippen MR) is 387 cm³/mol. The molecule has 0 radical (unpaired) electrons. The van der Waals surface area contributed by atoms with Crippen molar-refractivity contribution in [3.05, 3.63) is 303 Å². The molecule has 0 N–H and O–H groups in total. The Balaban J connectivity index is 0.723. The molecule has 410 valence electrons. The Morgan fingerprint density at radius 3 is 0.898 bits per heavy atom. The molecule has 4 heterocycles. The van der Waals surface area contributed by atoms with Gasteiger partial charge in [-0.25, -0.2) is 0 Å². The minimum Gasteiger partial charge on any atom is -0.135 e. The minimum absolute atomic E-state index is 1.20. The lowest BCUT2D eigenvalue weighted by molar-refractivity contribution is 1.57. The summed E-state index contributed by atoms with van der Waals surface area (Å²) >= 11 is 7.52. The van der Waals surface area contributed by atoms with E-state index in [1.807, 2.05) is 45.3 Å². The molecule has 0 nitrogen and oxygen atoms in total. The summed E-state index contributed by atoms with van der Waals surface area (Å²) in [5.41, 5.74) is 22.0. The second kappa shape index (κ2) is 20.8. The molecule has 4 aromatic heterocycles. The Morgan fingerprint density at radius 2 is 0.432 bits per heavy atom. The van der Waals surface area contributed by atoms with Crippen LogP contribution in [-0.2, 0) is 0 Å². The van der Waals surface area contributed by atoms with Crippen LogP contribution < -0.4 is 0 Å². The molecule has 0 aliphatic carbocycles. The molecule has 0 atom stereocenters. The monoisotopic (exact) mass is 1190 g/mol. The molecular weight excluding hydrogens is 1140 g/mol. The zero-order chi connectivity index (χ0) is 57.8. The van der Waals surface area contributed by atoms with Crippen molar-refractivity contribution in [1.82, 2.24) is 0 Å². The molecule has 4 heteroatoms. The van der Waals surface area contributed by atoms with Crippen molar-refractivity contribution in [3.63, 3.8) is 0 Å². The van der Waals surface area contributed by atoms with Crippen molar-refractivity contribution in [3.8, 4) is 100 Å². The third kappa shape index (κ3) is 8.74. The highest BCUT2D eigenvalue weighted by molar-refractivity contribution is 7.27. The predicted octanol–water partition coefficient (Wildman–Crippen LogP) is 26.2. The number of hydrogen-bond donors (Lipinski definition) is 0. The number of benzene rings is 14. The van der Waals surface area contributed by atoms with Gasteiger partial charge in [0.15, 0.2) is 0 Å². The Morgan fingerprint density at radius 1 is 0.148 bits per heavy atom. The van der Waals surface area contributed by atoms with E-state index < -0.39 is 0 Å². The van der Waals surface area contributed by atoms with Crippen molar-refractivity contribution >= 4 is 126 Å². The van der Waals surface area contributed by atoms with Crippen molar-refractivity contribution in [2.24, 2.45) is 0 Å². The highest BCUT2D eigenvalue weighted by Crippen LogP contribution is 2.51. The third-order valence-corrected chi connectivity index (χ3v) is 22.4. The van der Waals surface area contributed by atoms with Crippen LogP contribution in [0.15, 0.2) is 303 Å². The summed E-state index contributed by atoms with van der Waals surface area (Å²) < 4.78 is 10.4. The second-order valence-electron chi connectivity index (χ2n) is 23.1. The summed E-state index contributed by atoms with van der Waals surface area (Å²) in [5, 5.41) is 10.4. The van der Waals surface area contributed by atoms with Gasteiger partial charge in [0.1, 0.15) is 0 Å². The van der Waals surface area contributed by atoms with Crippen LogP contribution in [0.4, 0.5) is 0 Å². The molecule has 0 aliphatic rings. The Labute approximate surface area is 525 Å². The Bertz CT molecular complexity index is 5710. The van der Waals surface area contributed by atoms with Crippen LogP contribution in [0.2, 0.25) is 0 Å². The van der Waals surface area contributed by atoms with E-state index in [1.165, 1.54) is 181 Å². The van der Waals surface area contributed by atoms with Crippen LogP contribution in [0.1, 0.15) is 0 Å². The summed E-state index contributed by atoms with van der Waals surface area (Å²) in [6, 6.07) is 114. The molecule has 0 spiro atoms. The molecule has 0 fully saturated rings. The van der Waals surface area contributed by atoms with Gasteiger partial charge in [0.2, 0.25) is 0 Å². The zero-order valence-corrected chi connectivity index (χ0v) is 50.8. The lowest BCUT2D eigenvalue weighted by Crippen LogP contribution is -1.92. The van der Waals surface area contributed by atoms with Gasteiger partial charge in [-0.05, 0) is 203 Å². The van der Waals surface area contributed by atoms with E-state index in [9.17, 15) is 0 Å². The summed E-state index contributed by atoms with van der Waals surface area (Å²) in [4.78, 5) is 0. The number of fused-ring (bicyclic) bond motifs is 12. The molecule has 18 rings (SSSR count). The molecule has 14 aromatic carbocycles. The van der Waals surface area contributed by atoms with Gasteiger partial charge in [0.25, 0.3) is 0 Å². The molecule has 0 unspecified atom stereocenters. The molecule has 0 amide bonds. The average Bonchev–Trinajstić information content (AvgIpc) is 1.58. The summed E-state index contributed by atoms with van der Waals surface area (Å²) in [5.74, 6) is 0. The van der Waals surface area contributed by atoms with Gasteiger partial charge in [-0.1, -0.05) is 200 Å². The first-order chi connectivity index (χ1) is 43.5. The topological polar surface area (TPSA) is 0 Å². The fourth-order valence-electron chi connectivity index (χ4n) is 13.6. The van der Waals surface area contributed by atoms with Gasteiger partial charge >= 0.3 is 0 Å². The van der Waals surface area contributed by atoms with Gasteiger partial charge < -0.3 is 0 Å². The molecule has 0 bridgehead atoms. The Kier molecular flexibility index (Phi) is 12.1. The zero-order valence-electron chi connectivity index (χ0n) is 47.5. The van der Waals surface area contributed by atoms with Crippen LogP contribution in [0, 0.1) is 0 Å². The van der Waals surface area contributed by atoms with Crippen molar-refractivity contribution in [2.75, 3.05) is 0 Å². The molecule has 18 aromatic rings. The second-order valence-corrected chi connectivity index (χ2v) is 27.4. The van der Waals surface area contributed by atoms with Crippen LogP contribution in [0.25, 0.3) is 181 Å². The average molecular weight is 1190 g/mol. The SMILES string of the molecule is c1ccc(-c2cc(-c3ccccc3)cc(-c3ccc4sc5ccc(-c6ccc7sc8ccc(-c9ccc(-c%10c(-c%11ccccc%11)cc%11sc%12ccc(-c%13ccc%14sc%15ccccc%15c%14c%13)cc%12c%11c%10-c%10ccccc%10)cc9)cc8c7c6)cc5c4c3)c2)cc1. The van der Waals surface area contributed by atoms with E-state index in [0.717, 1.165) is 0 Å². The van der Waals surface area contributed by atoms with Crippen LogP contribution in [-0.4, -0.2) is 0 Å². The van der Waals surface area contributed by atoms with Crippen molar-refractivity contribution in [1.29, 1.82) is 0 Å². The van der Waals surface area contributed by atoms with Crippen LogP contribution in [0.5, 0.6) is 0 Å². The van der Waals surface area contributed by atoms with Gasteiger partial charge in [-0.15, -0.1) is 45.3 Å². The van der Waals surface area contributed by atoms with E-state index >= 15 is 0 Å². The molecule has 0 aliphatic heterocycles. The van der Waals surface area contributed by atoms with Crippen molar-refractivity contribution in [2.45, 2.75) is 0 Å². The minimum atomic E-state index is 1.20. The first-order valence-electron chi connectivity index (χ1n) is 29.9. The fraction of sp³-hybridized carbons (Fsp3) is 0. The molecule has 88 heavy (non-hydrogen) atoms. The summed E-state index contributed by atoms with van der Waals surface area (Å²) in [6.45, 7) is 0. The smallest absolute Gasteiger partial charge is 0.0368 e.